The first kappa shape index (κ1) is 20.5. The Morgan fingerprint density at radius 1 is 1.34 bits per heavy atom. The maximum absolute atomic E-state index is 11.9. The van der Waals surface area contributed by atoms with Crippen LogP contribution in [0.3, 0.4) is 0 Å². The number of ether oxygens (including phenoxy) is 2. The van der Waals surface area contributed by atoms with Gasteiger partial charge in [-0.05, 0) is 25.3 Å². The Balaban J connectivity index is 1.45. The average molecular weight is 424 g/mol. The van der Waals surface area contributed by atoms with Gasteiger partial charge in [0.1, 0.15) is 5.60 Å². The van der Waals surface area contributed by atoms with Crippen molar-refractivity contribution in [2.75, 3.05) is 39.4 Å². The fourth-order valence-electron chi connectivity index (χ4n) is 4.61. The SMILES string of the molecule is O=C1CCCN1C[C@H]1CC[C@]2(COCCN(Cc3c(Cl)cccc3[N+](=O)[O-])C2)O1. The van der Waals surface area contributed by atoms with Gasteiger partial charge < -0.3 is 14.4 Å². The van der Waals surface area contributed by atoms with Crippen molar-refractivity contribution in [3.8, 4) is 0 Å². The zero-order valence-electron chi connectivity index (χ0n) is 16.3. The van der Waals surface area contributed by atoms with Gasteiger partial charge in [-0.25, -0.2) is 0 Å². The van der Waals surface area contributed by atoms with Crippen molar-refractivity contribution in [1.82, 2.24) is 9.80 Å². The predicted octanol–water partition coefficient (Wildman–Crippen LogP) is 2.62. The van der Waals surface area contributed by atoms with Gasteiger partial charge in [0.15, 0.2) is 0 Å². The smallest absolute Gasteiger partial charge is 0.275 e. The zero-order valence-corrected chi connectivity index (χ0v) is 17.1. The molecule has 8 nitrogen and oxygen atoms in total. The molecule has 3 aliphatic rings. The quantitative estimate of drug-likeness (QED) is 0.534. The van der Waals surface area contributed by atoms with Crippen LogP contribution in [-0.4, -0.2) is 71.7 Å². The van der Waals surface area contributed by atoms with E-state index in [4.69, 9.17) is 21.1 Å². The van der Waals surface area contributed by atoms with Gasteiger partial charge in [0.05, 0.1) is 34.8 Å². The summed E-state index contributed by atoms with van der Waals surface area (Å²) >= 11 is 6.29. The summed E-state index contributed by atoms with van der Waals surface area (Å²) in [6.45, 7) is 4.14. The second-order valence-electron chi connectivity index (χ2n) is 8.16. The van der Waals surface area contributed by atoms with Crippen LogP contribution in [0.15, 0.2) is 18.2 Å². The van der Waals surface area contributed by atoms with E-state index in [9.17, 15) is 14.9 Å². The van der Waals surface area contributed by atoms with Crippen molar-refractivity contribution in [2.24, 2.45) is 0 Å². The number of hydrogen-bond acceptors (Lipinski definition) is 6. The van der Waals surface area contributed by atoms with Gasteiger partial charge in [-0.2, -0.15) is 0 Å². The third-order valence-corrected chi connectivity index (χ3v) is 6.39. The molecule has 158 valence electrons. The molecule has 1 aromatic carbocycles. The second-order valence-corrected chi connectivity index (χ2v) is 8.57. The van der Waals surface area contributed by atoms with Gasteiger partial charge >= 0.3 is 0 Å². The number of halogens is 1. The first-order valence-corrected chi connectivity index (χ1v) is 10.5. The summed E-state index contributed by atoms with van der Waals surface area (Å²) in [5.74, 6) is 0.208. The number of nitrogens with zero attached hydrogens (tertiary/aromatic N) is 3. The number of nitro benzene ring substituents is 1. The van der Waals surface area contributed by atoms with E-state index >= 15 is 0 Å². The highest BCUT2D eigenvalue weighted by Gasteiger charge is 2.44. The Hall–Kier alpha value is -1.74. The zero-order chi connectivity index (χ0) is 20.4. The van der Waals surface area contributed by atoms with Crippen LogP contribution in [0.2, 0.25) is 5.02 Å². The number of amides is 1. The molecule has 9 heteroatoms. The number of nitro groups is 1. The molecule has 0 radical (unpaired) electrons. The van der Waals surface area contributed by atoms with Gasteiger partial charge in [-0.3, -0.25) is 19.8 Å². The van der Waals surface area contributed by atoms with Crippen LogP contribution >= 0.6 is 11.6 Å². The molecular weight excluding hydrogens is 398 g/mol. The molecule has 1 aromatic rings. The van der Waals surface area contributed by atoms with Crippen LogP contribution in [-0.2, 0) is 20.8 Å². The Labute approximate surface area is 174 Å². The Morgan fingerprint density at radius 3 is 2.97 bits per heavy atom. The van der Waals surface area contributed by atoms with Crippen molar-refractivity contribution in [2.45, 2.75) is 43.9 Å². The maximum atomic E-state index is 11.9. The third-order valence-electron chi connectivity index (χ3n) is 6.04. The molecule has 1 amide bonds. The monoisotopic (exact) mass is 423 g/mol. The first-order valence-electron chi connectivity index (χ1n) is 10.1. The first-order chi connectivity index (χ1) is 14.0. The number of rotatable bonds is 5. The largest absolute Gasteiger partial charge is 0.377 e. The van der Waals surface area contributed by atoms with Gasteiger partial charge in [0.25, 0.3) is 5.69 Å². The number of carbonyl (C=O) groups excluding carboxylic acids is 1. The van der Waals surface area contributed by atoms with Gasteiger partial charge in [-0.15, -0.1) is 0 Å². The second kappa shape index (κ2) is 8.55. The summed E-state index contributed by atoms with van der Waals surface area (Å²) in [7, 11) is 0. The molecule has 3 saturated heterocycles. The summed E-state index contributed by atoms with van der Waals surface area (Å²) in [5.41, 5.74) is 0.114. The van der Waals surface area contributed by atoms with Gasteiger partial charge in [-0.1, -0.05) is 17.7 Å². The highest BCUT2D eigenvalue weighted by Crippen LogP contribution is 2.35. The number of carbonyl (C=O) groups is 1. The maximum Gasteiger partial charge on any atom is 0.275 e. The van der Waals surface area contributed by atoms with Crippen LogP contribution in [0.4, 0.5) is 5.69 Å². The molecule has 0 unspecified atom stereocenters. The van der Waals surface area contributed by atoms with Crippen molar-refractivity contribution in [3.63, 3.8) is 0 Å². The Bertz CT molecular complexity index is 791. The molecule has 0 aliphatic carbocycles. The summed E-state index contributed by atoms with van der Waals surface area (Å²) in [5, 5.41) is 11.8. The molecule has 0 saturated carbocycles. The fourth-order valence-corrected chi connectivity index (χ4v) is 4.84. The van der Waals surface area contributed by atoms with E-state index in [1.54, 1.807) is 12.1 Å². The third kappa shape index (κ3) is 4.55. The van der Waals surface area contributed by atoms with Gasteiger partial charge in [0.2, 0.25) is 5.91 Å². The molecule has 2 atom stereocenters. The highest BCUT2D eigenvalue weighted by molar-refractivity contribution is 6.31. The minimum absolute atomic E-state index is 0.00949. The van der Waals surface area contributed by atoms with Crippen LogP contribution < -0.4 is 0 Å². The summed E-state index contributed by atoms with van der Waals surface area (Å²) in [6, 6.07) is 4.77. The topological polar surface area (TPSA) is 85.2 Å². The van der Waals surface area contributed by atoms with E-state index in [2.05, 4.69) is 4.90 Å². The lowest BCUT2D eigenvalue weighted by Crippen LogP contribution is -2.45. The molecule has 3 aliphatic heterocycles. The molecule has 0 aromatic heterocycles. The lowest BCUT2D eigenvalue weighted by Gasteiger charge is -2.32. The van der Waals surface area contributed by atoms with Crippen molar-refractivity contribution in [1.29, 1.82) is 0 Å². The lowest BCUT2D eigenvalue weighted by molar-refractivity contribution is -0.385. The van der Waals surface area contributed by atoms with Gasteiger partial charge in [0, 0.05) is 45.2 Å². The van der Waals surface area contributed by atoms with E-state index in [1.165, 1.54) is 6.07 Å². The minimum atomic E-state index is -0.444. The predicted molar refractivity (Wildman–Crippen MR) is 107 cm³/mol. The molecular formula is C20H26ClN3O5. The van der Waals surface area contributed by atoms with Crippen LogP contribution in [0.5, 0.6) is 0 Å². The summed E-state index contributed by atoms with van der Waals surface area (Å²) in [4.78, 5) is 27.0. The van der Waals surface area contributed by atoms with Crippen molar-refractivity contribution < 1.29 is 19.2 Å². The lowest BCUT2D eigenvalue weighted by atomic mass is 9.99. The molecule has 0 bridgehead atoms. The standard InChI is InChI=1S/C20H26ClN3O5/c21-17-3-1-4-18(24(26)27)16(17)12-22-9-10-28-14-20(13-22)7-6-15(29-20)11-23-8-2-5-19(23)25/h1,3-4,15H,2,5-14H2/t15-,20+/m1/s1. The van der Waals surface area contributed by atoms with E-state index in [-0.39, 0.29) is 22.6 Å². The Morgan fingerprint density at radius 2 is 2.21 bits per heavy atom. The highest BCUT2D eigenvalue weighted by atomic mass is 35.5. The molecule has 1 spiro atoms. The van der Waals surface area contributed by atoms with Crippen LogP contribution in [0.1, 0.15) is 31.2 Å². The summed E-state index contributed by atoms with van der Waals surface area (Å²) in [6.07, 6.45) is 3.29. The minimum Gasteiger partial charge on any atom is -0.377 e. The number of benzene rings is 1. The Kier molecular flexibility index (Phi) is 6.06. The van der Waals surface area contributed by atoms with Crippen molar-refractivity contribution in [3.05, 3.63) is 38.9 Å². The normalized spacial score (nSPS) is 28.2. The average Bonchev–Trinajstić information content (AvgIpc) is 3.20. The molecule has 29 heavy (non-hydrogen) atoms. The van der Waals surface area contributed by atoms with E-state index in [1.807, 2.05) is 4.90 Å². The number of likely N-dealkylation sites (tertiary alicyclic amines) is 1. The molecule has 4 rings (SSSR count). The molecule has 3 fully saturated rings. The summed E-state index contributed by atoms with van der Waals surface area (Å²) < 4.78 is 12.3. The van der Waals surface area contributed by atoms with E-state index in [0.29, 0.717) is 56.4 Å². The van der Waals surface area contributed by atoms with Crippen LogP contribution in [0.25, 0.3) is 0 Å². The fraction of sp³-hybridized carbons (Fsp3) is 0.650. The van der Waals surface area contributed by atoms with E-state index < -0.39 is 5.60 Å². The van der Waals surface area contributed by atoms with E-state index in [0.717, 1.165) is 25.8 Å². The molecule has 3 heterocycles. The molecule has 0 N–H and O–H groups in total. The number of hydrogen-bond donors (Lipinski definition) is 0. The van der Waals surface area contributed by atoms with Crippen LogP contribution in [0, 0.1) is 10.1 Å². The van der Waals surface area contributed by atoms with Crippen molar-refractivity contribution >= 4 is 23.2 Å².